The summed E-state index contributed by atoms with van der Waals surface area (Å²) in [4.78, 5) is 11.7. The summed E-state index contributed by atoms with van der Waals surface area (Å²) in [5.41, 5.74) is 0.700. The second kappa shape index (κ2) is 7.25. The van der Waals surface area contributed by atoms with Gasteiger partial charge in [0.1, 0.15) is 6.61 Å². The van der Waals surface area contributed by atoms with Crippen LogP contribution < -0.4 is 4.72 Å². The van der Waals surface area contributed by atoms with E-state index < -0.39 is 16.3 Å². The number of hydrogen-bond acceptors (Lipinski definition) is 6. The minimum absolute atomic E-state index is 0.0950. The quantitative estimate of drug-likeness (QED) is 0.769. The highest BCUT2D eigenvalue weighted by Gasteiger charge is 2.21. The van der Waals surface area contributed by atoms with Gasteiger partial charge in [0, 0.05) is 29.4 Å². The van der Waals surface area contributed by atoms with E-state index in [1.165, 1.54) is 18.4 Å². The number of ether oxygens (including phenoxy) is 1. The van der Waals surface area contributed by atoms with Gasteiger partial charge in [-0.15, -0.1) is 11.3 Å². The molecule has 0 fully saturated rings. The Kier molecular flexibility index (Phi) is 5.97. The Labute approximate surface area is 121 Å². The highest BCUT2D eigenvalue weighted by molar-refractivity contribution is 7.87. The van der Waals surface area contributed by atoms with Gasteiger partial charge in [-0.1, -0.05) is 11.8 Å². The third-order valence-electron chi connectivity index (χ3n) is 2.15. The standard InChI is InChI=1S/C11H14N2O5S2/c1-13(20(16,17)12-11(15)18-2)7-10-6-9(8-19-10)4-3-5-14/h6,8,14H,5,7H2,1-2H3,(H,12,15). The lowest BCUT2D eigenvalue weighted by Gasteiger charge is -2.15. The molecular weight excluding hydrogens is 304 g/mol. The Morgan fingerprint density at radius 1 is 1.60 bits per heavy atom. The number of thiophene rings is 1. The predicted molar refractivity (Wildman–Crippen MR) is 74.2 cm³/mol. The van der Waals surface area contributed by atoms with Crippen LogP contribution in [0, 0.1) is 11.8 Å². The number of nitrogens with one attached hydrogen (secondary N) is 1. The number of hydrogen-bond donors (Lipinski definition) is 2. The number of aliphatic hydroxyl groups excluding tert-OH is 1. The first kappa shape index (κ1) is 16.5. The van der Waals surface area contributed by atoms with Crippen molar-refractivity contribution in [3.05, 3.63) is 21.9 Å². The monoisotopic (exact) mass is 318 g/mol. The van der Waals surface area contributed by atoms with Crippen LogP contribution in [0.1, 0.15) is 10.4 Å². The lowest BCUT2D eigenvalue weighted by molar-refractivity contribution is 0.177. The normalized spacial score (nSPS) is 10.8. The minimum Gasteiger partial charge on any atom is -0.452 e. The van der Waals surface area contributed by atoms with E-state index in [1.807, 2.05) is 0 Å². The van der Waals surface area contributed by atoms with Crippen molar-refractivity contribution in [2.75, 3.05) is 20.8 Å². The van der Waals surface area contributed by atoms with Crippen molar-refractivity contribution < 1.29 is 23.1 Å². The average Bonchev–Trinajstić information content (AvgIpc) is 2.83. The Balaban J connectivity index is 2.72. The molecule has 0 atom stereocenters. The molecule has 2 N–H and O–H groups in total. The van der Waals surface area contributed by atoms with E-state index in [4.69, 9.17) is 5.11 Å². The molecule has 1 heterocycles. The Morgan fingerprint density at radius 2 is 2.30 bits per heavy atom. The van der Waals surface area contributed by atoms with Gasteiger partial charge >= 0.3 is 16.3 Å². The maximum atomic E-state index is 11.7. The molecule has 1 amide bonds. The third-order valence-corrected chi connectivity index (χ3v) is 4.45. The van der Waals surface area contributed by atoms with Crippen LogP contribution in [0.15, 0.2) is 11.4 Å². The molecule has 7 nitrogen and oxygen atoms in total. The molecule has 110 valence electrons. The summed E-state index contributed by atoms with van der Waals surface area (Å²) in [6.45, 7) is -0.139. The second-order valence-corrected chi connectivity index (χ2v) is 6.39. The van der Waals surface area contributed by atoms with Crippen molar-refractivity contribution >= 4 is 27.6 Å². The number of aliphatic hydroxyl groups is 1. The molecular formula is C11H14N2O5S2. The number of rotatable bonds is 4. The van der Waals surface area contributed by atoms with Gasteiger partial charge in [0.25, 0.3) is 0 Å². The first-order chi connectivity index (χ1) is 9.39. The summed E-state index contributed by atoms with van der Waals surface area (Å²) >= 11 is 1.33. The SMILES string of the molecule is COC(=O)NS(=O)(=O)N(C)Cc1cc(C#CCO)cs1. The Hall–Kier alpha value is -1.60. The lowest BCUT2D eigenvalue weighted by atomic mass is 10.3. The summed E-state index contributed by atoms with van der Waals surface area (Å²) in [6, 6.07) is 1.72. The fraction of sp³-hybridized carbons (Fsp3) is 0.364. The van der Waals surface area contributed by atoms with E-state index in [0.717, 1.165) is 16.3 Å². The van der Waals surface area contributed by atoms with Crippen LogP contribution in [-0.2, 0) is 21.5 Å². The fourth-order valence-electron chi connectivity index (χ4n) is 1.20. The zero-order valence-electron chi connectivity index (χ0n) is 10.9. The third kappa shape index (κ3) is 4.82. The Bertz CT molecular complexity index is 627. The molecule has 0 aliphatic carbocycles. The predicted octanol–water partition coefficient (Wildman–Crippen LogP) is 0.125. The van der Waals surface area contributed by atoms with Crippen LogP contribution in [-0.4, -0.2) is 44.7 Å². The molecule has 0 saturated heterocycles. The van der Waals surface area contributed by atoms with Crippen LogP contribution in [0.25, 0.3) is 0 Å². The smallest absolute Gasteiger partial charge is 0.421 e. The van der Waals surface area contributed by atoms with Crippen LogP contribution in [0.2, 0.25) is 0 Å². The van der Waals surface area contributed by atoms with Crippen molar-refractivity contribution in [3.63, 3.8) is 0 Å². The van der Waals surface area contributed by atoms with Gasteiger partial charge in [-0.25, -0.2) is 9.52 Å². The van der Waals surface area contributed by atoms with Gasteiger partial charge in [-0.3, -0.25) is 0 Å². The van der Waals surface area contributed by atoms with E-state index in [-0.39, 0.29) is 13.2 Å². The van der Waals surface area contributed by atoms with Gasteiger partial charge < -0.3 is 9.84 Å². The van der Waals surface area contributed by atoms with Crippen molar-refractivity contribution in [1.82, 2.24) is 9.03 Å². The largest absolute Gasteiger partial charge is 0.452 e. The van der Waals surface area contributed by atoms with E-state index in [0.29, 0.717) is 5.56 Å². The van der Waals surface area contributed by atoms with E-state index in [9.17, 15) is 13.2 Å². The van der Waals surface area contributed by atoms with Crippen LogP contribution in [0.5, 0.6) is 0 Å². The zero-order valence-corrected chi connectivity index (χ0v) is 12.5. The van der Waals surface area contributed by atoms with Gasteiger partial charge in [-0.05, 0) is 6.07 Å². The number of methoxy groups -OCH3 is 1. The lowest BCUT2D eigenvalue weighted by Crippen LogP contribution is -2.40. The molecule has 1 aromatic heterocycles. The molecule has 9 heteroatoms. The fourth-order valence-corrected chi connectivity index (χ4v) is 2.91. The molecule has 0 aromatic carbocycles. The van der Waals surface area contributed by atoms with E-state index >= 15 is 0 Å². The highest BCUT2D eigenvalue weighted by Crippen LogP contribution is 2.16. The Morgan fingerprint density at radius 3 is 2.90 bits per heavy atom. The minimum atomic E-state index is -3.94. The number of amides is 1. The van der Waals surface area contributed by atoms with Crippen LogP contribution in [0.4, 0.5) is 4.79 Å². The molecule has 1 rings (SSSR count). The highest BCUT2D eigenvalue weighted by atomic mass is 32.2. The molecule has 0 aliphatic heterocycles. The molecule has 20 heavy (non-hydrogen) atoms. The number of nitrogens with zero attached hydrogens (tertiary/aromatic N) is 1. The van der Waals surface area contributed by atoms with Gasteiger partial charge in [0.15, 0.2) is 0 Å². The summed E-state index contributed by atoms with van der Waals surface area (Å²) in [6.07, 6.45) is -1.04. The summed E-state index contributed by atoms with van der Waals surface area (Å²) in [7, 11) is -1.52. The average molecular weight is 318 g/mol. The molecule has 0 saturated carbocycles. The number of carbonyl (C=O) groups excluding carboxylic acids is 1. The van der Waals surface area contributed by atoms with Crippen LogP contribution in [0.3, 0.4) is 0 Å². The van der Waals surface area contributed by atoms with Crippen molar-refractivity contribution in [2.24, 2.45) is 0 Å². The molecule has 0 unspecified atom stereocenters. The van der Waals surface area contributed by atoms with Crippen molar-refractivity contribution in [1.29, 1.82) is 0 Å². The summed E-state index contributed by atoms with van der Waals surface area (Å²) < 4.78 is 30.5. The summed E-state index contributed by atoms with van der Waals surface area (Å²) in [5, 5.41) is 10.3. The molecule has 0 spiro atoms. The molecule has 1 aromatic rings. The molecule has 0 radical (unpaired) electrons. The van der Waals surface area contributed by atoms with Gasteiger partial charge in [0.05, 0.1) is 7.11 Å². The number of carbonyl (C=O) groups is 1. The van der Waals surface area contributed by atoms with Gasteiger partial charge in [-0.2, -0.15) is 12.7 Å². The second-order valence-electron chi connectivity index (χ2n) is 3.62. The van der Waals surface area contributed by atoms with Crippen molar-refractivity contribution in [2.45, 2.75) is 6.54 Å². The van der Waals surface area contributed by atoms with Crippen LogP contribution >= 0.6 is 11.3 Å². The first-order valence-electron chi connectivity index (χ1n) is 5.38. The molecule has 0 aliphatic rings. The topological polar surface area (TPSA) is 95.9 Å². The molecule has 0 bridgehead atoms. The van der Waals surface area contributed by atoms with E-state index in [1.54, 1.807) is 16.2 Å². The van der Waals surface area contributed by atoms with Crippen molar-refractivity contribution in [3.8, 4) is 11.8 Å². The zero-order chi connectivity index (χ0) is 15.2. The first-order valence-corrected chi connectivity index (χ1v) is 7.70. The van der Waals surface area contributed by atoms with E-state index in [2.05, 4.69) is 16.6 Å². The maximum absolute atomic E-state index is 11.7. The van der Waals surface area contributed by atoms with Gasteiger partial charge in [0.2, 0.25) is 0 Å². The maximum Gasteiger partial charge on any atom is 0.421 e. The summed E-state index contributed by atoms with van der Waals surface area (Å²) in [5.74, 6) is 5.22.